The lowest BCUT2D eigenvalue weighted by Crippen LogP contribution is -2.59. The average molecular weight is 321 g/mol. The highest BCUT2D eigenvalue weighted by Gasteiger charge is 2.40. The molecule has 0 aliphatic carbocycles. The lowest BCUT2D eigenvalue weighted by molar-refractivity contribution is -0.132. The first-order valence-corrected chi connectivity index (χ1v) is 7.75. The van der Waals surface area contributed by atoms with E-state index in [1.807, 2.05) is 0 Å². The molecule has 23 heavy (non-hydrogen) atoms. The van der Waals surface area contributed by atoms with Gasteiger partial charge in [0.2, 0.25) is 11.8 Å². The summed E-state index contributed by atoms with van der Waals surface area (Å²) in [5, 5.41) is 2.72. The quantitative estimate of drug-likeness (QED) is 0.852. The normalized spacial score (nSPS) is 23.8. The lowest BCUT2D eigenvalue weighted by atomic mass is 9.90. The average Bonchev–Trinajstić information content (AvgIpc) is 2.89. The Morgan fingerprint density at radius 2 is 2.04 bits per heavy atom. The summed E-state index contributed by atoms with van der Waals surface area (Å²) in [6.45, 7) is 1.24. The zero-order valence-corrected chi connectivity index (χ0v) is 12.8. The number of nitrogens with one attached hydrogen (secondary N) is 1. The molecule has 6 nitrogen and oxygen atoms in total. The summed E-state index contributed by atoms with van der Waals surface area (Å²) in [5.41, 5.74) is 5.36. The lowest BCUT2D eigenvalue weighted by Gasteiger charge is -2.32. The summed E-state index contributed by atoms with van der Waals surface area (Å²) in [5.74, 6) is -1.10. The molecule has 1 aromatic rings. The highest BCUT2D eigenvalue weighted by atomic mass is 19.1. The Hall–Kier alpha value is -1.99. The van der Waals surface area contributed by atoms with Crippen LogP contribution in [0.2, 0.25) is 0 Å². The number of amides is 2. The van der Waals surface area contributed by atoms with Gasteiger partial charge in [0, 0.05) is 19.8 Å². The molecule has 1 atom stereocenters. The number of nitrogens with two attached hydrogens (primary N) is 1. The van der Waals surface area contributed by atoms with Gasteiger partial charge in [0.15, 0.2) is 0 Å². The number of ether oxygens (including phenoxy) is 1. The Morgan fingerprint density at radius 1 is 1.35 bits per heavy atom. The predicted molar refractivity (Wildman–Crippen MR) is 82.3 cm³/mol. The maximum Gasteiger partial charge on any atom is 0.249 e. The van der Waals surface area contributed by atoms with E-state index in [0.29, 0.717) is 39.0 Å². The summed E-state index contributed by atoms with van der Waals surface area (Å²) in [7, 11) is 0. The third-order valence-electron chi connectivity index (χ3n) is 4.49. The number of para-hydroxylation sites is 1. The van der Waals surface area contributed by atoms with Crippen LogP contribution < -0.4 is 16.0 Å². The van der Waals surface area contributed by atoms with E-state index in [4.69, 9.17) is 10.5 Å². The van der Waals surface area contributed by atoms with E-state index >= 15 is 0 Å². The highest BCUT2D eigenvalue weighted by molar-refractivity contribution is 6.02. The summed E-state index contributed by atoms with van der Waals surface area (Å²) in [6.07, 6.45) is 1.29. The molecule has 3 rings (SSSR count). The first kappa shape index (κ1) is 15.9. The van der Waals surface area contributed by atoms with Crippen LogP contribution in [0.15, 0.2) is 24.3 Å². The van der Waals surface area contributed by atoms with Crippen molar-refractivity contribution in [2.75, 3.05) is 24.7 Å². The van der Waals surface area contributed by atoms with Gasteiger partial charge >= 0.3 is 0 Å². The number of rotatable bonds is 3. The molecule has 7 heteroatoms. The fourth-order valence-corrected chi connectivity index (χ4v) is 2.99. The minimum Gasteiger partial charge on any atom is -0.381 e. The molecular formula is C16H20FN3O3. The van der Waals surface area contributed by atoms with Gasteiger partial charge < -0.3 is 20.7 Å². The standard InChI is InChI=1S/C16H20FN3O3/c17-11-3-1-2-4-13(11)20-8-5-12(14(20)21)19-15(22)16(18)6-9-23-10-7-16/h1-4,12H,5-10,18H2,(H,19,22). The van der Waals surface area contributed by atoms with Crippen molar-refractivity contribution >= 4 is 17.5 Å². The van der Waals surface area contributed by atoms with Crippen molar-refractivity contribution in [3.63, 3.8) is 0 Å². The predicted octanol–water partition coefficient (Wildman–Crippen LogP) is 0.555. The minimum absolute atomic E-state index is 0.239. The first-order chi connectivity index (χ1) is 11.0. The summed E-state index contributed by atoms with van der Waals surface area (Å²) >= 11 is 0. The fraction of sp³-hybridized carbons (Fsp3) is 0.500. The van der Waals surface area contributed by atoms with Crippen LogP contribution in [-0.2, 0) is 14.3 Å². The van der Waals surface area contributed by atoms with Crippen LogP contribution in [0.3, 0.4) is 0 Å². The van der Waals surface area contributed by atoms with Gasteiger partial charge in [-0.2, -0.15) is 0 Å². The van der Waals surface area contributed by atoms with Crippen LogP contribution in [0.5, 0.6) is 0 Å². The molecule has 1 unspecified atom stereocenters. The van der Waals surface area contributed by atoms with Gasteiger partial charge in [-0.3, -0.25) is 9.59 Å². The third-order valence-corrected chi connectivity index (χ3v) is 4.49. The number of halogens is 1. The second kappa shape index (κ2) is 6.25. The van der Waals surface area contributed by atoms with E-state index < -0.39 is 17.4 Å². The zero-order chi connectivity index (χ0) is 16.4. The molecule has 2 fully saturated rings. The van der Waals surface area contributed by atoms with Crippen molar-refractivity contribution in [2.24, 2.45) is 5.73 Å². The summed E-state index contributed by atoms with van der Waals surface area (Å²) < 4.78 is 19.1. The second-order valence-corrected chi connectivity index (χ2v) is 6.02. The van der Waals surface area contributed by atoms with Crippen molar-refractivity contribution in [3.05, 3.63) is 30.1 Å². The van der Waals surface area contributed by atoms with Crippen LogP contribution in [0.1, 0.15) is 19.3 Å². The SMILES string of the molecule is NC1(C(=O)NC2CCN(c3ccccc3F)C2=O)CCOCC1. The third kappa shape index (κ3) is 3.07. The Labute approximate surface area is 133 Å². The van der Waals surface area contributed by atoms with Crippen LogP contribution >= 0.6 is 0 Å². The van der Waals surface area contributed by atoms with Crippen LogP contribution in [0.4, 0.5) is 10.1 Å². The number of hydrogen-bond acceptors (Lipinski definition) is 4. The molecule has 0 radical (unpaired) electrons. The van der Waals surface area contributed by atoms with Gasteiger partial charge in [0.05, 0.1) is 11.2 Å². The largest absolute Gasteiger partial charge is 0.381 e. The fourth-order valence-electron chi connectivity index (χ4n) is 2.99. The molecule has 2 saturated heterocycles. The number of carbonyl (C=O) groups excluding carboxylic acids is 2. The van der Waals surface area contributed by atoms with E-state index in [9.17, 15) is 14.0 Å². The van der Waals surface area contributed by atoms with Crippen molar-refractivity contribution in [1.82, 2.24) is 5.32 Å². The van der Waals surface area contributed by atoms with Crippen molar-refractivity contribution in [1.29, 1.82) is 0 Å². The molecule has 2 aliphatic heterocycles. The van der Waals surface area contributed by atoms with Gasteiger partial charge in [-0.1, -0.05) is 12.1 Å². The molecule has 1 aromatic carbocycles. The van der Waals surface area contributed by atoms with Crippen molar-refractivity contribution in [2.45, 2.75) is 30.8 Å². The number of anilines is 1. The van der Waals surface area contributed by atoms with E-state index in [0.717, 1.165) is 0 Å². The topological polar surface area (TPSA) is 84.7 Å². The molecule has 0 aromatic heterocycles. The number of hydrogen-bond donors (Lipinski definition) is 2. The first-order valence-electron chi connectivity index (χ1n) is 7.75. The van der Waals surface area contributed by atoms with Gasteiger partial charge in [-0.15, -0.1) is 0 Å². The van der Waals surface area contributed by atoms with Gasteiger partial charge in [0.25, 0.3) is 0 Å². The van der Waals surface area contributed by atoms with Gasteiger partial charge in [-0.05, 0) is 31.4 Å². The van der Waals surface area contributed by atoms with Crippen molar-refractivity contribution < 1.29 is 18.7 Å². The molecule has 124 valence electrons. The molecule has 0 bridgehead atoms. The van der Waals surface area contributed by atoms with E-state index in [2.05, 4.69) is 5.32 Å². The Balaban J connectivity index is 1.68. The van der Waals surface area contributed by atoms with Crippen LogP contribution in [0, 0.1) is 5.82 Å². The van der Waals surface area contributed by atoms with Crippen LogP contribution in [0.25, 0.3) is 0 Å². The van der Waals surface area contributed by atoms with E-state index in [1.54, 1.807) is 18.2 Å². The van der Waals surface area contributed by atoms with E-state index in [-0.39, 0.29) is 17.5 Å². The molecule has 2 aliphatic rings. The molecule has 2 amide bonds. The molecule has 0 saturated carbocycles. The molecule has 3 N–H and O–H groups in total. The smallest absolute Gasteiger partial charge is 0.249 e. The molecule has 2 heterocycles. The minimum atomic E-state index is -0.996. The van der Waals surface area contributed by atoms with E-state index in [1.165, 1.54) is 11.0 Å². The number of carbonyl (C=O) groups is 2. The number of benzene rings is 1. The monoisotopic (exact) mass is 321 g/mol. The van der Waals surface area contributed by atoms with Crippen LogP contribution in [-0.4, -0.2) is 43.2 Å². The molecular weight excluding hydrogens is 301 g/mol. The van der Waals surface area contributed by atoms with Crippen molar-refractivity contribution in [3.8, 4) is 0 Å². The summed E-state index contributed by atoms with van der Waals surface area (Å²) in [4.78, 5) is 26.2. The molecule has 0 spiro atoms. The van der Waals surface area contributed by atoms with Gasteiger partial charge in [0.1, 0.15) is 11.9 Å². The Bertz CT molecular complexity index is 616. The second-order valence-electron chi connectivity index (χ2n) is 6.02. The zero-order valence-electron chi connectivity index (χ0n) is 12.8. The van der Waals surface area contributed by atoms with Gasteiger partial charge in [-0.25, -0.2) is 4.39 Å². The Morgan fingerprint density at radius 3 is 2.74 bits per heavy atom. The maximum atomic E-state index is 13.8. The number of nitrogens with zero attached hydrogens (tertiary/aromatic N) is 1. The highest BCUT2D eigenvalue weighted by Crippen LogP contribution is 2.25. The summed E-state index contributed by atoms with van der Waals surface area (Å²) in [6, 6.07) is 5.45. The Kier molecular flexibility index (Phi) is 4.32. The maximum absolute atomic E-state index is 13.8.